The van der Waals surface area contributed by atoms with Gasteiger partial charge in [-0.3, -0.25) is 5.43 Å². The molecule has 7 heteroatoms. The number of aryl methyl sites for hydroxylation is 1. The summed E-state index contributed by atoms with van der Waals surface area (Å²) in [4.78, 5) is 10.5. The molecule has 2 aromatic heterocycles. The van der Waals surface area contributed by atoms with E-state index in [1.807, 2.05) is 13.0 Å². The summed E-state index contributed by atoms with van der Waals surface area (Å²) >= 11 is 1.55. The monoisotopic (exact) mass is 289 g/mol. The van der Waals surface area contributed by atoms with Crippen LogP contribution in [0, 0.1) is 12.7 Å². The van der Waals surface area contributed by atoms with Gasteiger partial charge < -0.3 is 5.32 Å². The number of nitrogens with zero attached hydrogens (tertiary/aromatic N) is 2. The third-order valence-corrected chi connectivity index (χ3v) is 3.68. The van der Waals surface area contributed by atoms with E-state index in [-0.39, 0.29) is 5.82 Å². The number of hydrogen-bond donors (Lipinski definition) is 3. The predicted molar refractivity (Wildman–Crippen MR) is 79.6 cm³/mol. The minimum atomic E-state index is -0.307. The van der Waals surface area contributed by atoms with Crippen LogP contribution in [-0.4, -0.2) is 9.97 Å². The number of anilines is 3. The Morgan fingerprint density at radius 2 is 2.10 bits per heavy atom. The number of nitrogens with one attached hydrogen (secondary N) is 2. The van der Waals surface area contributed by atoms with Crippen molar-refractivity contribution in [2.75, 3.05) is 10.7 Å². The van der Waals surface area contributed by atoms with Crippen LogP contribution < -0.4 is 16.6 Å². The topological polar surface area (TPSA) is 75.9 Å². The average Bonchev–Trinajstić information content (AvgIpc) is 2.79. The van der Waals surface area contributed by atoms with Gasteiger partial charge in [-0.25, -0.2) is 15.2 Å². The number of hydrogen-bond acceptors (Lipinski definition) is 6. The minimum absolute atomic E-state index is 0.307. The second kappa shape index (κ2) is 5.03. The molecule has 0 aliphatic carbocycles. The van der Waals surface area contributed by atoms with E-state index in [0.29, 0.717) is 17.5 Å². The molecular weight excluding hydrogens is 277 g/mol. The fraction of sp³-hybridized carbons (Fsp3) is 0.0769. The Morgan fingerprint density at radius 1 is 1.25 bits per heavy atom. The van der Waals surface area contributed by atoms with Crippen LogP contribution in [0.25, 0.3) is 10.2 Å². The maximum atomic E-state index is 13.2. The molecule has 2 heterocycles. The zero-order valence-electron chi connectivity index (χ0n) is 10.6. The third-order valence-electron chi connectivity index (χ3n) is 2.73. The van der Waals surface area contributed by atoms with Crippen molar-refractivity contribution in [3.8, 4) is 0 Å². The first kappa shape index (κ1) is 12.8. The molecule has 0 amide bonds. The fourth-order valence-electron chi connectivity index (χ4n) is 1.90. The molecule has 1 aromatic carbocycles. The third kappa shape index (κ3) is 2.40. The number of hydrazine groups is 1. The van der Waals surface area contributed by atoms with Gasteiger partial charge >= 0.3 is 0 Å². The molecule has 4 N–H and O–H groups in total. The number of benzene rings is 1. The molecule has 0 spiro atoms. The molecule has 20 heavy (non-hydrogen) atoms. The lowest BCUT2D eigenvalue weighted by Crippen LogP contribution is -2.11. The van der Waals surface area contributed by atoms with E-state index < -0.39 is 0 Å². The van der Waals surface area contributed by atoms with E-state index in [1.54, 1.807) is 23.5 Å². The van der Waals surface area contributed by atoms with Gasteiger partial charge in [-0.1, -0.05) is 6.07 Å². The lowest BCUT2D eigenvalue weighted by molar-refractivity contribution is 0.628. The Hall–Kier alpha value is -2.25. The smallest absolute Gasteiger partial charge is 0.240 e. The first-order valence-corrected chi connectivity index (χ1v) is 6.75. The van der Waals surface area contributed by atoms with E-state index in [4.69, 9.17) is 5.84 Å². The summed E-state index contributed by atoms with van der Waals surface area (Å²) < 4.78 is 13.2. The largest absolute Gasteiger partial charge is 0.339 e. The van der Waals surface area contributed by atoms with Crippen LogP contribution >= 0.6 is 11.3 Å². The average molecular weight is 289 g/mol. The molecule has 5 nitrogen and oxygen atoms in total. The van der Waals surface area contributed by atoms with Crippen molar-refractivity contribution >= 4 is 39.0 Å². The molecule has 0 radical (unpaired) electrons. The number of nitrogen functional groups attached to an aromatic ring is 1. The molecular formula is C13H12FN5S. The molecule has 3 aromatic rings. The van der Waals surface area contributed by atoms with Crippen LogP contribution in [-0.2, 0) is 0 Å². The van der Waals surface area contributed by atoms with Gasteiger partial charge in [0.25, 0.3) is 0 Å². The highest BCUT2D eigenvalue weighted by Crippen LogP contribution is 2.31. The van der Waals surface area contributed by atoms with Gasteiger partial charge in [-0.2, -0.15) is 4.98 Å². The number of nitrogens with two attached hydrogens (primary N) is 1. The van der Waals surface area contributed by atoms with Gasteiger partial charge in [0.1, 0.15) is 16.5 Å². The first-order valence-electron chi connectivity index (χ1n) is 5.93. The Morgan fingerprint density at radius 3 is 2.85 bits per heavy atom. The predicted octanol–water partition coefficient (Wildman–Crippen LogP) is 3.17. The molecule has 0 saturated carbocycles. The van der Waals surface area contributed by atoms with Crippen LogP contribution in [0.5, 0.6) is 0 Å². The standard InChI is InChI=1S/C13H12FN5S/c1-7-5-10-11(16-9-4-2-3-8(14)6-9)17-13(19-15)18-12(10)20-7/h2-6H,15H2,1H3,(H2,16,17,18,19). The zero-order valence-corrected chi connectivity index (χ0v) is 11.5. The number of aromatic nitrogens is 2. The zero-order chi connectivity index (χ0) is 14.1. The summed E-state index contributed by atoms with van der Waals surface area (Å²) in [6.07, 6.45) is 0. The Kier molecular flexibility index (Phi) is 3.21. The number of fused-ring (bicyclic) bond motifs is 1. The number of thiophene rings is 1. The second-order valence-electron chi connectivity index (χ2n) is 4.25. The van der Waals surface area contributed by atoms with Crippen molar-refractivity contribution in [1.29, 1.82) is 0 Å². The van der Waals surface area contributed by atoms with E-state index >= 15 is 0 Å². The number of rotatable bonds is 3. The van der Waals surface area contributed by atoms with Gasteiger partial charge in [0.15, 0.2) is 0 Å². The SMILES string of the molecule is Cc1cc2c(Nc3cccc(F)c3)nc(NN)nc2s1. The van der Waals surface area contributed by atoms with Gasteiger partial charge in [-0.05, 0) is 31.2 Å². The molecule has 0 saturated heterocycles. The minimum Gasteiger partial charge on any atom is -0.339 e. The molecule has 0 bridgehead atoms. The number of halogens is 1. The maximum Gasteiger partial charge on any atom is 0.240 e. The van der Waals surface area contributed by atoms with Crippen molar-refractivity contribution in [2.45, 2.75) is 6.92 Å². The Balaban J connectivity index is 2.09. The summed E-state index contributed by atoms with van der Waals surface area (Å²) in [7, 11) is 0. The Bertz CT molecular complexity index is 771. The summed E-state index contributed by atoms with van der Waals surface area (Å²) in [6, 6.07) is 8.19. The van der Waals surface area contributed by atoms with Gasteiger partial charge in [0.05, 0.1) is 5.39 Å². The lowest BCUT2D eigenvalue weighted by Gasteiger charge is -2.08. The normalized spacial score (nSPS) is 10.8. The second-order valence-corrected chi connectivity index (χ2v) is 5.49. The van der Waals surface area contributed by atoms with Crippen molar-refractivity contribution in [2.24, 2.45) is 5.84 Å². The van der Waals surface area contributed by atoms with Crippen LogP contribution in [0.4, 0.5) is 21.8 Å². The lowest BCUT2D eigenvalue weighted by atomic mass is 10.3. The van der Waals surface area contributed by atoms with Crippen LogP contribution in [0.1, 0.15) is 4.88 Å². The molecule has 0 fully saturated rings. The van der Waals surface area contributed by atoms with E-state index in [0.717, 1.165) is 15.1 Å². The first-order chi connectivity index (χ1) is 9.65. The molecule has 3 rings (SSSR count). The van der Waals surface area contributed by atoms with E-state index in [9.17, 15) is 4.39 Å². The molecule has 0 unspecified atom stereocenters. The van der Waals surface area contributed by atoms with Crippen molar-refractivity contribution in [3.63, 3.8) is 0 Å². The van der Waals surface area contributed by atoms with Crippen LogP contribution in [0.2, 0.25) is 0 Å². The maximum absolute atomic E-state index is 13.2. The van der Waals surface area contributed by atoms with Crippen molar-refractivity contribution in [1.82, 2.24) is 9.97 Å². The van der Waals surface area contributed by atoms with Gasteiger partial charge in [0, 0.05) is 10.6 Å². The van der Waals surface area contributed by atoms with Gasteiger partial charge in [0.2, 0.25) is 5.95 Å². The Labute approximate surface area is 118 Å². The van der Waals surface area contributed by atoms with Crippen molar-refractivity contribution < 1.29 is 4.39 Å². The van der Waals surface area contributed by atoms with E-state index in [2.05, 4.69) is 20.7 Å². The van der Waals surface area contributed by atoms with Gasteiger partial charge in [-0.15, -0.1) is 11.3 Å². The summed E-state index contributed by atoms with van der Waals surface area (Å²) in [5.41, 5.74) is 3.06. The highest BCUT2D eigenvalue weighted by molar-refractivity contribution is 7.18. The summed E-state index contributed by atoms with van der Waals surface area (Å²) in [5, 5.41) is 3.98. The highest BCUT2D eigenvalue weighted by atomic mass is 32.1. The molecule has 0 aliphatic heterocycles. The van der Waals surface area contributed by atoms with Crippen LogP contribution in [0.15, 0.2) is 30.3 Å². The molecule has 102 valence electrons. The quantitative estimate of drug-likeness (QED) is 0.510. The molecule has 0 aliphatic rings. The summed E-state index contributed by atoms with van der Waals surface area (Å²) in [6.45, 7) is 1.99. The van der Waals surface area contributed by atoms with E-state index in [1.165, 1.54) is 12.1 Å². The highest BCUT2D eigenvalue weighted by Gasteiger charge is 2.10. The van der Waals surface area contributed by atoms with Crippen molar-refractivity contribution in [3.05, 3.63) is 41.0 Å². The summed E-state index contributed by atoms with van der Waals surface area (Å²) in [5.74, 6) is 5.98. The molecule has 0 atom stereocenters. The van der Waals surface area contributed by atoms with Crippen LogP contribution in [0.3, 0.4) is 0 Å². The fourth-order valence-corrected chi connectivity index (χ4v) is 2.78.